The largest absolute Gasteiger partial charge is 0.299 e. The molecule has 5 aliphatic rings. The smallest absolute Gasteiger partial charge is 0.264 e. The topological polar surface area (TPSA) is 84.2 Å². The summed E-state index contributed by atoms with van der Waals surface area (Å²) in [4.78, 5) is 12.3. The lowest BCUT2D eigenvalue weighted by Crippen LogP contribution is -2.59. The van der Waals surface area contributed by atoms with Crippen molar-refractivity contribution < 1.29 is 17.4 Å². The van der Waals surface area contributed by atoms with Gasteiger partial charge in [-0.05, 0) is 36.5 Å². The van der Waals surface area contributed by atoms with Gasteiger partial charge in [0.1, 0.15) is 5.78 Å². The number of hydrogen-bond donors (Lipinski definition) is 0. The third kappa shape index (κ3) is 1.33. The third-order valence-electron chi connectivity index (χ3n) is 5.82. The van der Waals surface area contributed by atoms with Gasteiger partial charge in [-0.2, -0.15) is 13.7 Å². The summed E-state index contributed by atoms with van der Waals surface area (Å²) in [7, 11) is -3.47. The molecule has 5 nitrogen and oxygen atoms in total. The predicted octanol–water partition coefficient (Wildman–Crippen LogP) is 0.572. The highest BCUT2D eigenvalue weighted by Crippen LogP contribution is 2.70. The highest BCUT2D eigenvalue weighted by molar-refractivity contribution is 7.86. The van der Waals surface area contributed by atoms with Gasteiger partial charge in [-0.3, -0.25) is 8.98 Å². The SMILES string of the molecule is CS(=O)(=O)OC1CC2C3CC1C1C(C#N)C(C3=O)C21. The summed E-state index contributed by atoms with van der Waals surface area (Å²) in [6.45, 7) is 0. The van der Waals surface area contributed by atoms with Crippen LogP contribution >= 0.6 is 0 Å². The Morgan fingerprint density at radius 3 is 2.63 bits per heavy atom. The van der Waals surface area contributed by atoms with Crippen molar-refractivity contribution in [2.75, 3.05) is 6.26 Å². The molecule has 0 aromatic rings. The van der Waals surface area contributed by atoms with Crippen LogP contribution in [0.5, 0.6) is 0 Å². The van der Waals surface area contributed by atoms with E-state index >= 15 is 0 Å². The maximum Gasteiger partial charge on any atom is 0.264 e. The van der Waals surface area contributed by atoms with Crippen LogP contribution in [0.1, 0.15) is 12.8 Å². The lowest BCUT2D eigenvalue weighted by atomic mass is 9.45. The number of Topliss-reactive ketones (excluding diaryl/α,β-unsaturated/α-hetero) is 1. The van der Waals surface area contributed by atoms with E-state index in [1.807, 2.05) is 0 Å². The van der Waals surface area contributed by atoms with Crippen molar-refractivity contribution in [2.24, 2.45) is 41.4 Å². The van der Waals surface area contributed by atoms with E-state index in [1.165, 1.54) is 0 Å². The monoisotopic (exact) mass is 281 g/mol. The van der Waals surface area contributed by atoms with Crippen LogP contribution in [0.2, 0.25) is 0 Å². The molecule has 8 atom stereocenters. The molecule has 6 heteroatoms. The van der Waals surface area contributed by atoms with Gasteiger partial charge >= 0.3 is 0 Å². The van der Waals surface area contributed by atoms with E-state index in [2.05, 4.69) is 6.07 Å². The number of ketones is 1. The van der Waals surface area contributed by atoms with Crippen LogP contribution < -0.4 is 0 Å². The van der Waals surface area contributed by atoms with Crippen LogP contribution in [0.4, 0.5) is 0 Å². The molecular weight excluding hydrogens is 266 g/mol. The van der Waals surface area contributed by atoms with Crippen molar-refractivity contribution >= 4 is 15.9 Å². The summed E-state index contributed by atoms with van der Waals surface area (Å²) >= 11 is 0. The maximum atomic E-state index is 12.3. The zero-order valence-corrected chi connectivity index (χ0v) is 11.3. The molecule has 5 saturated carbocycles. The quantitative estimate of drug-likeness (QED) is 0.691. The molecule has 0 spiro atoms. The molecule has 0 aromatic carbocycles. The van der Waals surface area contributed by atoms with Crippen LogP contribution in [0.3, 0.4) is 0 Å². The van der Waals surface area contributed by atoms with Crippen molar-refractivity contribution in [1.82, 2.24) is 0 Å². The first-order valence-corrected chi connectivity index (χ1v) is 8.55. The molecule has 8 unspecified atom stereocenters. The number of nitrogens with zero attached hydrogens (tertiary/aromatic N) is 1. The standard InChI is InChI=1S/C13H15NO4S/c1-19(16,17)18-9-3-5-6-2-7(9)10-8(4-14)12(11(5)10)13(6)15/h5-12H,2-3H2,1H3. The minimum atomic E-state index is -3.47. The molecule has 0 heterocycles. The first kappa shape index (κ1) is 11.9. The summed E-state index contributed by atoms with van der Waals surface area (Å²) < 4.78 is 27.9. The van der Waals surface area contributed by atoms with Crippen molar-refractivity contribution in [2.45, 2.75) is 18.9 Å². The highest BCUT2D eigenvalue weighted by atomic mass is 32.2. The second-order valence-corrected chi connectivity index (χ2v) is 8.08. The molecule has 0 aromatic heterocycles. The fourth-order valence-electron chi connectivity index (χ4n) is 5.42. The molecule has 5 aliphatic carbocycles. The average Bonchev–Trinajstić information content (AvgIpc) is 2.40. The molecule has 102 valence electrons. The lowest BCUT2D eigenvalue weighted by molar-refractivity contribution is -0.142. The molecule has 5 fully saturated rings. The summed E-state index contributed by atoms with van der Waals surface area (Å²) in [6, 6.07) is 2.27. The van der Waals surface area contributed by atoms with Crippen molar-refractivity contribution in [3.63, 3.8) is 0 Å². The minimum absolute atomic E-state index is 0.0609. The van der Waals surface area contributed by atoms with Gasteiger partial charge in [-0.25, -0.2) is 0 Å². The zero-order chi connectivity index (χ0) is 13.5. The molecule has 19 heavy (non-hydrogen) atoms. The van der Waals surface area contributed by atoms with Crippen LogP contribution in [0.25, 0.3) is 0 Å². The lowest BCUT2D eigenvalue weighted by Gasteiger charge is -2.58. The maximum absolute atomic E-state index is 12.3. The normalized spacial score (nSPS) is 53.8. The summed E-state index contributed by atoms with van der Waals surface area (Å²) in [5, 5.41) is 9.26. The fourth-order valence-corrected chi connectivity index (χ4v) is 6.09. The van der Waals surface area contributed by atoms with E-state index in [4.69, 9.17) is 4.18 Å². The Morgan fingerprint density at radius 1 is 1.26 bits per heavy atom. The van der Waals surface area contributed by atoms with E-state index < -0.39 is 10.1 Å². The van der Waals surface area contributed by atoms with Gasteiger partial charge in [0.25, 0.3) is 10.1 Å². The van der Waals surface area contributed by atoms with Crippen molar-refractivity contribution in [3.8, 4) is 6.07 Å². The number of nitriles is 1. The number of carbonyl (C=O) groups is 1. The van der Waals surface area contributed by atoms with Crippen molar-refractivity contribution in [1.29, 1.82) is 5.26 Å². The second kappa shape index (κ2) is 3.39. The van der Waals surface area contributed by atoms with Gasteiger partial charge in [0.15, 0.2) is 0 Å². The van der Waals surface area contributed by atoms with E-state index in [-0.39, 0.29) is 47.4 Å². The predicted molar refractivity (Wildman–Crippen MR) is 64.0 cm³/mol. The van der Waals surface area contributed by atoms with E-state index in [0.717, 1.165) is 12.7 Å². The van der Waals surface area contributed by atoms with Gasteiger partial charge in [0.05, 0.1) is 24.3 Å². The third-order valence-corrected chi connectivity index (χ3v) is 6.41. The van der Waals surface area contributed by atoms with Crippen molar-refractivity contribution in [3.05, 3.63) is 0 Å². The minimum Gasteiger partial charge on any atom is -0.299 e. The average molecular weight is 281 g/mol. The van der Waals surface area contributed by atoms with Crippen LogP contribution in [0.15, 0.2) is 0 Å². The first-order chi connectivity index (χ1) is 8.92. The highest BCUT2D eigenvalue weighted by Gasteiger charge is 2.73. The second-order valence-electron chi connectivity index (χ2n) is 6.48. The van der Waals surface area contributed by atoms with E-state index in [9.17, 15) is 18.5 Å². The first-order valence-electron chi connectivity index (χ1n) is 6.74. The van der Waals surface area contributed by atoms with Gasteiger partial charge in [-0.15, -0.1) is 0 Å². The van der Waals surface area contributed by atoms with Gasteiger partial charge < -0.3 is 0 Å². The zero-order valence-electron chi connectivity index (χ0n) is 10.5. The van der Waals surface area contributed by atoms with E-state index in [1.54, 1.807) is 0 Å². The Balaban J connectivity index is 1.70. The molecular formula is C13H15NO4S. The number of fused-ring (bicyclic) bond motifs is 1. The van der Waals surface area contributed by atoms with E-state index in [0.29, 0.717) is 12.3 Å². The Labute approximate surface area is 112 Å². The number of hydrogen-bond acceptors (Lipinski definition) is 5. The summed E-state index contributed by atoms with van der Waals surface area (Å²) in [5.74, 6) is 0.902. The Hall–Kier alpha value is -0.930. The fraction of sp³-hybridized carbons (Fsp3) is 0.846. The summed E-state index contributed by atoms with van der Waals surface area (Å²) in [5.41, 5.74) is 0. The molecule has 0 radical (unpaired) electrons. The molecule has 0 N–H and O–H groups in total. The van der Waals surface area contributed by atoms with Gasteiger partial charge in [0.2, 0.25) is 0 Å². The number of rotatable bonds is 2. The Kier molecular flexibility index (Phi) is 2.12. The molecule has 0 saturated heterocycles. The molecule has 0 amide bonds. The Bertz CT molecular complexity index is 607. The van der Waals surface area contributed by atoms with Gasteiger partial charge in [0, 0.05) is 11.8 Å². The van der Waals surface area contributed by atoms with Crippen LogP contribution in [-0.2, 0) is 19.1 Å². The molecule has 5 rings (SSSR count). The summed E-state index contributed by atoms with van der Waals surface area (Å²) in [6.07, 6.45) is 2.14. The van der Waals surface area contributed by atoms with Crippen LogP contribution in [-0.4, -0.2) is 26.6 Å². The number of carbonyl (C=O) groups excluding carboxylic acids is 1. The van der Waals surface area contributed by atoms with Crippen LogP contribution in [0, 0.1) is 52.8 Å². The van der Waals surface area contributed by atoms with Gasteiger partial charge in [-0.1, -0.05) is 0 Å². The Morgan fingerprint density at radius 2 is 2.00 bits per heavy atom. The molecule has 4 bridgehead atoms. The molecule has 0 aliphatic heterocycles.